The molecule has 96 valence electrons. The van der Waals surface area contributed by atoms with Gasteiger partial charge in [-0.3, -0.25) is 4.98 Å². The molecule has 0 bridgehead atoms. The summed E-state index contributed by atoms with van der Waals surface area (Å²) in [4.78, 5) is 8.35. The zero-order chi connectivity index (χ0) is 13.0. The van der Waals surface area contributed by atoms with E-state index < -0.39 is 0 Å². The third-order valence-electron chi connectivity index (χ3n) is 2.55. The van der Waals surface area contributed by atoms with Gasteiger partial charge in [0.15, 0.2) is 0 Å². The van der Waals surface area contributed by atoms with E-state index in [1.54, 1.807) is 19.5 Å². The molecule has 2 aromatic heterocycles. The first-order chi connectivity index (χ1) is 8.70. The summed E-state index contributed by atoms with van der Waals surface area (Å²) < 4.78 is 10.1. The lowest BCUT2D eigenvalue weighted by Gasteiger charge is -2.05. The third-order valence-corrected chi connectivity index (χ3v) is 2.55. The molecule has 0 fully saturated rings. The summed E-state index contributed by atoms with van der Waals surface area (Å²) in [6.45, 7) is 2.42. The molecule has 0 saturated heterocycles. The number of aromatic nitrogens is 3. The van der Waals surface area contributed by atoms with Crippen molar-refractivity contribution >= 4 is 0 Å². The van der Waals surface area contributed by atoms with Crippen molar-refractivity contribution in [1.82, 2.24) is 15.1 Å². The van der Waals surface area contributed by atoms with Gasteiger partial charge in [0.1, 0.15) is 0 Å². The van der Waals surface area contributed by atoms with Crippen molar-refractivity contribution in [2.75, 3.05) is 13.7 Å². The molecular weight excluding hydrogens is 232 g/mol. The van der Waals surface area contributed by atoms with Gasteiger partial charge in [0, 0.05) is 37.5 Å². The molecule has 0 aromatic carbocycles. The van der Waals surface area contributed by atoms with Gasteiger partial charge in [0.25, 0.3) is 0 Å². The van der Waals surface area contributed by atoms with Crippen LogP contribution in [-0.4, -0.2) is 34.9 Å². The van der Waals surface area contributed by atoms with Gasteiger partial charge in [-0.2, -0.15) is 4.98 Å². The number of aryl methyl sites for hydroxylation is 1. The van der Waals surface area contributed by atoms with Crippen LogP contribution in [0.25, 0.3) is 11.4 Å². The predicted octanol–water partition coefficient (Wildman–Crippen LogP) is 0.956. The van der Waals surface area contributed by atoms with Crippen LogP contribution in [0.4, 0.5) is 0 Å². The molecule has 2 N–H and O–H groups in total. The van der Waals surface area contributed by atoms with Gasteiger partial charge in [0.05, 0.1) is 6.61 Å². The number of rotatable bonds is 5. The molecule has 0 amide bonds. The van der Waals surface area contributed by atoms with Gasteiger partial charge in [-0.15, -0.1) is 0 Å². The summed E-state index contributed by atoms with van der Waals surface area (Å²) in [5.41, 5.74) is 7.75. The van der Waals surface area contributed by atoms with Crippen molar-refractivity contribution in [3.8, 4) is 11.4 Å². The molecule has 2 rings (SSSR count). The van der Waals surface area contributed by atoms with E-state index in [1.807, 2.05) is 13.0 Å². The summed E-state index contributed by atoms with van der Waals surface area (Å²) in [6.07, 6.45) is 3.97. The van der Waals surface area contributed by atoms with Crippen LogP contribution in [0.5, 0.6) is 0 Å². The second-order valence-electron chi connectivity index (χ2n) is 4.12. The minimum Gasteiger partial charge on any atom is -0.383 e. The van der Waals surface area contributed by atoms with E-state index in [2.05, 4.69) is 15.1 Å². The van der Waals surface area contributed by atoms with Crippen molar-refractivity contribution in [2.45, 2.75) is 19.4 Å². The first-order valence-electron chi connectivity index (χ1n) is 5.68. The quantitative estimate of drug-likeness (QED) is 0.847. The number of pyridine rings is 1. The van der Waals surface area contributed by atoms with E-state index in [9.17, 15) is 0 Å². The predicted molar refractivity (Wildman–Crippen MR) is 65.8 cm³/mol. The molecule has 2 aromatic rings. The smallest absolute Gasteiger partial charge is 0.228 e. The summed E-state index contributed by atoms with van der Waals surface area (Å²) in [6, 6.07) is 1.72. The summed E-state index contributed by atoms with van der Waals surface area (Å²) in [5.74, 6) is 1.08. The van der Waals surface area contributed by atoms with Crippen molar-refractivity contribution in [3.63, 3.8) is 0 Å². The summed E-state index contributed by atoms with van der Waals surface area (Å²) in [5, 5.41) is 3.95. The second-order valence-corrected chi connectivity index (χ2v) is 4.12. The van der Waals surface area contributed by atoms with E-state index in [-0.39, 0.29) is 6.04 Å². The summed E-state index contributed by atoms with van der Waals surface area (Å²) >= 11 is 0. The van der Waals surface area contributed by atoms with Gasteiger partial charge in [-0.1, -0.05) is 5.16 Å². The molecule has 0 aliphatic carbocycles. The molecule has 0 saturated carbocycles. The minimum absolute atomic E-state index is 0.137. The SMILES string of the molecule is COCC(N)Cc1nc(-c2ccncc2C)no1. The topological polar surface area (TPSA) is 87.1 Å². The molecule has 0 radical (unpaired) electrons. The summed E-state index contributed by atoms with van der Waals surface area (Å²) in [7, 11) is 1.61. The Hall–Kier alpha value is -1.79. The molecule has 0 spiro atoms. The highest BCUT2D eigenvalue weighted by Gasteiger charge is 2.13. The first kappa shape index (κ1) is 12.7. The number of nitrogens with two attached hydrogens (primary N) is 1. The number of hydrogen-bond donors (Lipinski definition) is 1. The Labute approximate surface area is 105 Å². The standard InChI is InChI=1S/C12H16N4O2/c1-8-6-14-4-3-10(8)12-15-11(18-16-12)5-9(13)7-17-2/h3-4,6,9H,5,7,13H2,1-2H3. The fraction of sp³-hybridized carbons (Fsp3) is 0.417. The average Bonchev–Trinajstić information content (AvgIpc) is 2.78. The van der Waals surface area contributed by atoms with Crippen molar-refractivity contribution in [1.29, 1.82) is 0 Å². The molecule has 1 unspecified atom stereocenters. The van der Waals surface area contributed by atoms with Crippen LogP contribution in [-0.2, 0) is 11.2 Å². The molecule has 0 aliphatic rings. The van der Waals surface area contributed by atoms with Crippen LogP contribution in [0.15, 0.2) is 23.0 Å². The van der Waals surface area contributed by atoms with Crippen LogP contribution >= 0.6 is 0 Å². The van der Waals surface area contributed by atoms with Crippen LogP contribution in [0.1, 0.15) is 11.5 Å². The molecule has 1 atom stereocenters. The highest BCUT2D eigenvalue weighted by Crippen LogP contribution is 2.19. The average molecular weight is 248 g/mol. The van der Waals surface area contributed by atoms with Gasteiger partial charge in [-0.05, 0) is 18.6 Å². The maximum atomic E-state index is 5.83. The molecule has 6 heteroatoms. The molecule has 6 nitrogen and oxygen atoms in total. The Balaban J connectivity index is 2.13. The van der Waals surface area contributed by atoms with E-state index >= 15 is 0 Å². The lowest BCUT2D eigenvalue weighted by atomic mass is 10.1. The van der Waals surface area contributed by atoms with E-state index in [0.29, 0.717) is 24.7 Å². The highest BCUT2D eigenvalue weighted by molar-refractivity contribution is 5.57. The number of nitrogens with zero attached hydrogens (tertiary/aromatic N) is 3. The Morgan fingerprint density at radius 1 is 1.50 bits per heavy atom. The van der Waals surface area contributed by atoms with Gasteiger partial charge in [0.2, 0.25) is 11.7 Å². The zero-order valence-corrected chi connectivity index (χ0v) is 10.5. The van der Waals surface area contributed by atoms with Crippen LogP contribution in [0, 0.1) is 6.92 Å². The Morgan fingerprint density at radius 3 is 3.06 bits per heavy atom. The third kappa shape index (κ3) is 2.91. The normalized spacial score (nSPS) is 12.6. The first-order valence-corrected chi connectivity index (χ1v) is 5.68. The van der Waals surface area contributed by atoms with Gasteiger partial charge >= 0.3 is 0 Å². The Morgan fingerprint density at radius 2 is 2.33 bits per heavy atom. The fourth-order valence-corrected chi connectivity index (χ4v) is 1.67. The van der Waals surface area contributed by atoms with Crippen LogP contribution in [0.2, 0.25) is 0 Å². The Bertz CT molecular complexity index is 512. The maximum Gasteiger partial charge on any atom is 0.228 e. The van der Waals surface area contributed by atoms with Crippen LogP contribution < -0.4 is 5.73 Å². The molecule has 18 heavy (non-hydrogen) atoms. The maximum absolute atomic E-state index is 5.83. The van der Waals surface area contributed by atoms with E-state index in [1.165, 1.54) is 0 Å². The monoisotopic (exact) mass is 248 g/mol. The molecular formula is C12H16N4O2. The van der Waals surface area contributed by atoms with E-state index in [4.69, 9.17) is 15.0 Å². The molecule has 0 aliphatic heterocycles. The lowest BCUT2D eigenvalue weighted by Crippen LogP contribution is -2.28. The fourth-order valence-electron chi connectivity index (χ4n) is 1.67. The number of hydrogen-bond acceptors (Lipinski definition) is 6. The largest absolute Gasteiger partial charge is 0.383 e. The van der Waals surface area contributed by atoms with Gasteiger partial charge in [-0.25, -0.2) is 0 Å². The van der Waals surface area contributed by atoms with Crippen molar-refractivity contribution < 1.29 is 9.26 Å². The minimum atomic E-state index is -0.137. The van der Waals surface area contributed by atoms with E-state index in [0.717, 1.165) is 11.1 Å². The van der Waals surface area contributed by atoms with Crippen molar-refractivity contribution in [3.05, 3.63) is 29.9 Å². The highest BCUT2D eigenvalue weighted by atomic mass is 16.5. The second kappa shape index (κ2) is 5.70. The van der Waals surface area contributed by atoms with Crippen LogP contribution in [0.3, 0.4) is 0 Å². The number of methoxy groups -OCH3 is 1. The molecule has 2 heterocycles. The zero-order valence-electron chi connectivity index (χ0n) is 10.5. The lowest BCUT2D eigenvalue weighted by molar-refractivity contribution is 0.176. The van der Waals surface area contributed by atoms with Gasteiger partial charge < -0.3 is 15.0 Å². The Kier molecular flexibility index (Phi) is 4.01. The number of ether oxygens (including phenoxy) is 1. The van der Waals surface area contributed by atoms with Crippen molar-refractivity contribution in [2.24, 2.45) is 5.73 Å².